The Hall–Kier alpha value is -1.30. The molecule has 1 aromatic rings. The van der Waals surface area contributed by atoms with Crippen molar-refractivity contribution in [1.29, 1.82) is 0 Å². The van der Waals surface area contributed by atoms with Crippen LogP contribution in [0.1, 0.15) is 62.0 Å². The molecule has 0 spiro atoms. The van der Waals surface area contributed by atoms with E-state index < -0.39 is 0 Å². The van der Waals surface area contributed by atoms with Gasteiger partial charge in [0.05, 0.1) is 0 Å². The van der Waals surface area contributed by atoms with Crippen molar-refractivity contribution in [2.24, 2.45) is 17.8 Å². The first-order chi connectivity index (χ1) is 10.8. The summed E-state index contributed by atoms with van der Waals surface area (Å²) in [6.45, 7) is 7.75. The second kappa shape index (κ2) is 7.31. The minimum absolute atomic E-state index is 0.793. The number of hydrogen-bond acceptors (Lipinski definition) is 0. The van der Waals surface area contributed by atoms with E-state index in [-0.39, 0.29) is 0 Å². The highest BCUT2D eigenvalue weighted by Gasteiger charge is 2.35. The zero-order chi connectivity index (χ0) is 15.4. The molecule has 2 fully saturated rings. The van der Waals surface area contributed by atoms with E-state index in [2.05, 4.69) is 43.5 Å². The Bertz CT molecular complexity index is 479. The van der Waals surface area contributed by atoms with Crippen LogP contribution >= 0.6 is 0 Å². The molecule has 0 bridgehead atoms. The predicted octanol–water partition coefficient (Wildman–Crippen LogP) is 6.29. The average Bonchev–Trinajstić information content (AvgIpc) is 2.81. The molecule has 0 N–H and O–H groups in total. The van der Waals surface area contributed by atoms with Crippen LogP contribution in [0.2, 0.25) is 0 Å². The summed E-state index contributed by atoms with van der Waals surface area (Å²) < 4.78 is 0. The van der Waals surface area contributed by atoms with E-state index >= 15 is 0 Å². The van der Waals surface area contributed by atoms with Gasteiger partial charge >= 0.3 is 0 Å². The fourth-order valence-electron chi connectivity index (χ4n) is 4.87. The normalized spacial score (nSPS) is 31.3. The summed E-state index contributed by atoms with van der Waals surface area (Å²) >= 11 is 0. The molecule has 0 nitrogen and oxygen atoms in total. The lowest BCUT2D eigenvalue weighted by atomic mass is 9.89. The number of hydrogen-bond donors (Lipinski definition) is 0. The largest absolute Gasteiger partial charge is 0.103 e. The van der Waals surface area contributed by atoms with E-state index in [0.717, 1.165) is 30.1 Å². The smallest absolute Gasteiger partial charge is 0.0100 e. The molecule has 2 saturated carbocycles. The van der Waals surface area contributed by atoms with Crippen molar-refractivity contribution in [3.05, 3.63) is 60.7 Å². The maximum atomic E-state index is 3.93. The van der Waals surface area contributed by atoms with E-state index in [1.165, 1.54) is 50.5 Å². The van der Waals surface area contributed by atoms with Gasteiger partial charge in [-0.05, 0) is 86.2 Å². The Balaban J connectivity index is 1.60. The van der Waals surface area contributed by atoms with Gasteiger partial charge in [0, 0.05) is 0 Å². The summed E-state index contributed by atoms with van der Waals surface area (Å²) in [7, 11) is 0. The third-order valence-electron chi connectivity index (χ3n) is 6.04. The molecule has 0 aliphatic heterocycles. The van der Waals surface area contributed by atoms with E-state index in [0.29, 0.717) is 0 Å². The summed E-state index contributed by atoms with van der Waals surface area (Å²) in [6, 6.07) is 9.32. The van der Waals surface area contributed by atoms with Crippen LogP contribution in [0, 0.1) is 17.8 Å². The van der Waals surface area contributed by atoms with E-state index in [1.807, 2.05) is 6.08 Å². The third-order valence-corrected chi connectivity index (χ3v) is 6.04. The van der Waals surface area contributed by atoms with Gasteiger partial charge in [0.2, 0.25) is 0 Å². The topological polar surface area (TPSA) is 0 Å². The van der Waals surface area contributed by atoms with Crippen molar-refractivity contribution < 1.29 is 0 Å². The van der Waals surface area contributed by atoms with Crippen molar-refractivity contribution in [3.8, 4) is 0 Å². The Morgan fingerprint density at radius 3 is 2.05 bits per heavy atom. The molecule has 0 aromatic heterocycles. The van der Waals surface area contributed by atoms with Crippen molar-refractivity contribution in [1.82, 2.24) is 0 Å². The van der Waals surface area contributed by atoms with Gasteiger partial charge in [0.15, 0.2) is 0 Å². The highest BCUT2D eigenvalue weighted by molar-refractivity contribution is 5.26. The zero-order valence-corrected chi connectivity index (χ0v) is 13.8. The molecule has 2 aliphatic carbocycles. The van der Waals surface area contributed by atoms with Gasteiger partial charge in [0.1, 0.15) is 0 Å². The van der Waals surface area contributed by atoms with Crippen molar-refractivity contribution in [2.45, 2.75) is 57.3 Å². The molecule has 2 aliphatic rings. The first kappa shape index (κ1) is 15.6. The summed E-state index contributed by atoms with van der Waals surface area (Å²) in [5, 5.41) is 0. The Morgan fingerprint density at radius 1 is 0.864 bits per heavy atom. The van der Waals surface area contributed by atoms with Crippen LogP contribution in [-0.4, -0.2) is 0 Å². The first-order valence-electron chi connectivity index (χ1n) is 9.10. The molecule has 0 heterocycles. The van der Waals surface area contributed by atoms with Crippen LogP contribution in [0.15, 0.2) is 49.6 Å². The Kier molecular flexibility index (Phi) is 5.18. The fourth-order valence-corrected chi connectivity index (χ4v) is 4.87. The van der Waals surface area contributed by atoms with Crippen LogP contribution in [0.25, 0.3) is 0 Å². The lowest BCUT2D eigenvalue weighted by molar-refractivity contribution is 0.367. The maximum absolute atomic E-state index is 3.93. The standard InChI is InChI=1S/C22H30/c1-3-5-17-7-9-19(10-8-17)20-11-13-21-15-18(6-4-2)16-22(21)14-12-20/h3-4,7-10,18,20-22H,1-2,5-6,11-16H2. The summed E-state index contributed by atoms with van der Waals surface area (Å²) in [5.41, 5.74) is 2.95. The molecule has 2 atom stereocenters. The van der Waals surface area contributed by atoms with Gasteiger partial charge in [-0.15, -0.1) is 13.2 Å². The number of allylic oxidation sites excluding steroid dienone is 2. The Morgan fingerprint density at radius 2 is 1.50 bits per heavy atom. The number of rotatable bonds is 5. The number of fused-ring (bicyclic) bond motifs is 1. The zero-order valence-electron chi connectivity index (χ0n) is 13.8. The van der Waals surface area contributed by atoms with Crippen LogP contribution in [-0.2, 0) is 6.42 Å². The molecule has 3 rings (SSSR count). The minimum atomic E-state index is 0.793. The Labute approximate surface area is 136 Å². The summed E-state index contributed by atoms with van der Waals surface area (Å²) in [5.74, 6) is 3.72. The molecular formula is C22H30. The lowest BCUT2D eigenvalue weighted by Gasteiger charge is -2.16. The molecule has 1 aromatic carbocycles. The minimum Gasteiger partial charge on any atom is -0.103 e. The maximum Gasteiger partial charge on any atom is -0.0100 e. The fraction of sp³-hybridized carbons (Fsp3) is 0.545. The van der Waals surface area contributed by atoms with Crippen LogP contribution in [0.3, 0.4) is 0 Å². The molecule has 0 radical (unpaired) electrons. The first-order valence-corrected chi connectivity index (χ1v) is 9.10. The van der Waals surface area contributed by atoms with E-state index in [4.69, 9.17) is 0 Å². The van der Waals surface area contributed by atoms with Gasteiger partial charge in [-0.25, -0.2) is 0 Å². The quantitative estimate of drug-likeness (QED) is 0.560. The van der Waals surface area contributed by atoms with Crippen LogP contribution in [0.4, 0.5) is 0 Å². The highest BCUT2D eigenvalue weighted by atomic mass is 14.4. The third kappa shape index (κ3) is 3.54. The van der Waals surface area contributed by atoms with E-state index in [9.17, 15) is 0 Å². The monoisotopic (exact) mass is 294 g/mol. The average molecular weight is 294 g/mol. The predicted molar refractivity (Wildman–Crippen MR) is 96.1 cm³/mol. The van der Waals surface area contributed by atoms with E-state index in [1.54, 1.807) is 5.56 Å². The molecule has 118 valence electrons. The van der Waals surface area contributed by atoms with Gasteiger partial charge < -0.3 is 0 Å². The molecular weight excluding hydrogens is 264 g/mol. The van der Waals surface area contributed by atoms with Crippen molar-refractivity contribution in [2.75, 3.05) is 0 Å². The molecule has 0 saturated heterocycles. The number of benzene rings is 1. The summed E-state index contributed by atoms with van der Waals surface area (Å²) in [6.07, 6.45) is 14.9. The van der Waals surface area contributed by atoms with Gasteiger partial charge in [-0.3, -0.25) is 0 Å². The van der Waals surface area contributed by atoms with Gasteiger partial charge in [-0.2, -0.15) is 0 Å². The lowest BCUT2D eigenvalue weighted by Crippen LogP contribution is -2.04. The second-order valence-corrected chi connectivity index (χ2v) is 7.47. The molecule has 0 amide bonds. The molecule has 2 unspecified atom stereocenters. The highest BCUT2D eigenvalue weighted by Crippen LogP contribution is 2.48. The van der Waals surface area contributed by atoms with Crippen molar-refractivity contribution >= 4 is 0 Å². The molecule has 0 heteroatoms. The van der Waals surface area contributed by atoms with Gasteiger partial charge in [-0.1, -0.05) is 36.4 Å². The van der Waals surface area contributed by atoms with Crippen LogP contribution in [0.5, 0.6) is 0 Å². The van der Waals surface area contributed by atoms with Crippen molar-refractivity contribution in [3.63, 3.8) is 0 Å². The SMILES string of the molecule is C=CCc1ccc(C2CCC3CC(CC=C)CC3CC2)cc1. The second-order valence-electron chi connectivity index (χ2n) is 7.47. The van der Waals surface area contributed by atoms with Crippen LogP contribution < -0.4 is 0 Å². The van der Waals surface area contributed by atoms with Gasteiger partial charge in [0.25, 0.3) is 0 Å². The molecule has 22 heavy (non-hydrogen) atoms. The summed E-state index contributed by atoms with van der Waals surface area (Å²) in [4.78, 5) is 0.